The summed E-state index contributed by atoms with van der Waals surface area (Å²) in [5.41, 5.74) is 1.37. The molecular formula is C13H14N2O3. The number of imidazole rings is 1. The minimum Gasteiger partial charge on any atom is -0.486 e. The van der Waals surface area contributed by atoms with Gasteiger partial charge in [-0.1, -0.05) is 6.07 Å². The maximum absolute atomic E-state index is 10.2. The summed E-state index contributed by atoms with van der Waals surface area (Å²) in [5, 5.41) is 10.2. The van der Waals surface area contributed by atoms with Crippen LogP contribution in [0.2, 0.25) is 0 Å². The molecule has 0 amide bonds. The molecule has 1 aromatic carbocycles. The first kappa shape index (κ1) is 11.1. The molecule has 1 N–H and O–H groups in total. The van der Waals surface area contributed by atoms with Crippen LogP contribution in [0.25, 0.3) is 0 Å². The quantitative estimate of drug-likeness (QED) is 0.867. The molecular weight excluding hydrogens is 232 g/mol. The Hall–Kier alpha value is -2.01. The van der Waals surface area contributed by atoms with Crippen molar-refractivity contribution in [3.63, 3.8) is 0 Å². The first-order valence-electron chi connectivity index (χ1n) is 5.79. The number of aliphatic hydroxyl groups is 1. The van der Waals surface area contributed by atoms with Gasteiger partial charge in [-0.25, -0.2) is 4.98 Å². The summed E-state index contributed by atoms with van der Waals surface area (Å²) in [6, 6.07) is 5.44. The Morgan fingerprint density at radius 2 is 2.06 bits per heavy atom. The van der Waals surface area contributed by atoms with Crippen LogP contribution in [0.4, 0.5) is 0 Å². The van der Waals surface area contributed by atoms with E-state index >= 15 is 0 Å². The van der Waals surface area contributed by atoms with Crippen molar-refractivity contribution in [2.24, 2.45) is 7.05 Å². The molecule has 3 rings (SSSR count). The highest BCUT2D eigenvalue weighted by Crippen LogP contribution is 2.33. The molecule has 1 aliphatic rings. The van der Waals surface area contributed by atoms with Crippen LogP contribution in [0.5, 0.6) is 11.5 Å². The number of hydrogen-bond donors (Lipinski definition) is 1. The Kier molecular flexibility index (Phi) is 2.68. The summed E-state index contributed by atoms with van der Waals surface area (Å²) >= 11 is 0. The first-order chi connectivity index (χ1) is 8.74. The van der Waals surface area contributed by atoms with Crippen LogP contribution in [-0.4, -0.2) is 27.9 Å². The van der Waals surface area contributed by atoms with Crippen molar-refractivity contribution in [1.82, 2.24) is 9.55 Å². The van der Waals surface area contributed by atoms with Crippen molar-refractivity contribution < 1.29 is 14.6 Å². The fraction of sp³-hybridized carbons (Fsp3) is 0.308. The van der Waals surface area contributed by atoms with Crippen LogP contribution in [-0.2, 0) is 7.05 Å². The molecule has 1 aliphatic heterocycles. The maximum Gasteiger partial charge on any atom is 0.161 e. The molecule has 1 atom stereocenters. The van der Waals surface area contributed by atoms with Crippen molar-refractivity contribution >= 4 is 0 Å². The Morgan fingerprint density at radius 1 is 1.28 bits per heavy atom. The maximum atomic E-state index is 10.2. The van der Waals surface area contributed by atoms with E-state index in [2.05, 4.69) is 4.98 Å². The fourth-order valence-electron chi connectivity index (χ4n) is 1.98. The number of fused-ring (bicyclic) bond motifs is 1. The van der Waals surface area contributed by atoms with Gasteiger partial charge in [0.2, 0.25) is 0 Å². The molecule has 0 spiro atoms. The first-order valence-corrected chi connectivity index (χ1v) is 5.79. The lowest BCUT2D eigenvalue weighted by Gasteiger charge is -2.19. The van der Waals surface area contributed by atoms with Crippen molar-refractivity contribution in [1.29, 1.82) is 0 Å². The Bertz CT molecular complexity index is 565. The summed E-state index contributed by atoms with van der Waals surface area (Å²) in [5.74, 6) is 1.40. The Morgan fingerprint density at radius 3 is 2.78 bits per heavy atom. The smallest absolute Gasteiger partial charge is 0.161 e. The highest BCUT2D eigenvalue weighted by atomic mass is 16.6. The van der Waals surface area contributed by atoms with Crippen LogP contribution in [0.1, 0.15) is 17.4 Å². The molecule has 1 aromatic heterocycles. The number of benzene rings is 1. The van der Waals surface area contributed by atoms with Crippen LogP contribution in [0.3, 0.4) is 0 Å². The number of hydrogen-bond acceptors (Lipinski definition) is 4. The second-order valence-electron chi connectivity index (χ2n) is 4.27. The van der Waals surface area contributed by atoms with Crippen molar-refractivity contribution in [2.75, 3.05) is 13.2 Å². The molecule has 0 radical (unpaired) electrons. The van der Waals surface area contributed by atoms with E-state index in [4.69, 9.17) is 9.47 Å². The van der Waals surface area contributed by atoms with Gasteiger partial charge in [-0.05, 0) is 17.7 Å². The summed E-state index contributed by atoms with van der Waals surface area (Å²) in [6.45, 7) is 1.10. The fourth-order valence-corrected chi connectivity index (χ4v) is 1.98. The molecule has 5 heteroatoms. The zero-order chi connectivity index (χ0) is 12.5. The predicted molar refractivity (Wildman–Crippen MR) is 64.7 cm³/mol. The summed E-state index contributed by atoms with van der Waals surface area (Å²) < 4.78 is 12.7. The van der Waals surface area contributed by atoms with Crippen molar-refractivity contribution in [2.45, 2.75) is 6.10 Å². The van der Waals surface area contributed by atoms with E-state index in [0.29, 0.717) is 24.7 Å². The van der Waals surface area contributed by atoms with Gasteiger partial charge >= 0.3 is 0 Å². The van der Waals surface area contributed by atoms with Gasteiger partial charge < -0.3 is 19.1 Å². The van der Waals surface area contributed by atoms with Crippen LogP contribution < -0.4 is 9.47 Å². The van der Waals surface area contributed by atoms with Crippen molar-refractivity contribution in [3.8, 4) is 11.5 Å². The van der Waals surface area contributed by atoms with Gasteiger partial charge in [0.15, 0.2) is 11.5 Å². The molecule has 0 fully saturated rings. The molecule has 2 aromatic rings. The third-order valence-electron chi connectivity index (χ3n) is 2.89. The number of rotatable bonds is 2. The number of nitrogens with zero attached hydrogens (tertiary/aromatic N) is 2. The van der Waals surface area contributed by atoms with E-state index in [1.54, 1.807) is 23.2 Å². The third kappa shape index (κ3) is 1.93. The average molecular weight is 246 g/mol. The van der Waals surface area contributed by atoms with Gasteiger partial charge in [-0.2, -0.15) is 0 Å². The van der Waals surface area contributed by atoms with E-state index in [1.807, 2.05) is 19.2 Å². The summed E-state index contributed by atoms with van der Waals surface area (Å²) in [4.78, 5) is 4.15. The second kappa shape index (κ2) is 4.34. The van der Waals surface area contributed by atoms with Gasteiger partial charge in [0.25, 0.3) is 0 Å². The van der Waals surface area contributed by atoms with Gasteiger partial charge in [-0.15, -0.1) is 0 Å². The lowest BCUT2D eigenvalue weighted by Crippen LogP contribution is -2.15. The largest absolute Gasteiger partial charge is 0.486 e. The lowest BCUT2D eigenvalue weighted by molar-refractivity contribution is 0.169. The molecule has 0 saturated carbocycles. The van der Waals surface area contributed by atoms with Crippen LogP contribution >= 0.6 is 0 Å². The molecule has 5 nitrogen and oxygen atoms in total. The minimum absolute atomic E-state index is 0.538. The van der Waals surface area contributed by atoms with Crippen LogP contribution in [0, 0.1) is 0 Å². The van der Waals surface area contributed by atoms with E-state index in [-0.39, 0.29) is 0 Å². The molecule has 18 heavy (non-hydrogen) atoms. The topological polar surface area (TPSA) is 56.5 Å². The molecule has 0 bridgehead atoms. The van der Waals surface area contributed by atoms with Gasteiger partial charge in [0.05, 0.1) is 12.0 Å². The third-order valence-corrected chi connectivity index (χ3v) is 2.89. The number of ether oxygens (including phenoxy) is 2. The van der Waals surface area contributed by atoms with E-state index in [9.17, 15) is 5.11 Å². The molecule has 0 aliphatic carbocycles. The molecule has 94 valence electrons. The normalized spacial score (nSPS) is 15.4. The molecule has 1 unspecified atom stereocenters. The van der Waals surface area contributed by atoms with Gasteiger partial charge in [-0.3, -0.25) is 0 Å². The van der Waals surface area contributed by atoms with E-state index in [0.717, 1.165) is 11.3 Å². The highest BCUT2D eigenvalue weighted by Gasteiger charge is 2.17. The zero-order valence-electron chi connectivity index (χ0n) is 10.0. The van der Waals surface area contributed by atoms with Crippen LogP contribution in [0.15, 0.2) is 30.7 Å². The number of aryl methyl sites for hydroxylation is 1. The van der Waals surface area contributed by atoms with Gasteiger partial charge in [0, 0.05) is 13.2 Å². The summed E-state index contributed by atoms with van der Waals surface area (Å²) in [6.07, 6.45) is 2.71. The monoisotopic (exact) mass is 246 g/mol. The minimum atomic E-state index is -0.748. The van der Waals surface area contributed by atoms with Gasteiger partial charge in [0.1, 0.15) is 19.3 Å². The summed E-state index contributed by atoms with van der Waals surface area (Å²) in [7, 11) is 1.87. The Balaban J connectivity index is 1.92. The highest BCUT2D eigenvalue weighted by molar-refractivity contribution is 5.45. The van der Waals surface area contributed by atoms with Crippen molar-refractivity contribution in [3.05, 3.63) is 42.0 Å². The lowest BCUT2D eigenvalue weighted by atomic mass is 10.1. The van der Waals surface area contributed by atoms with E-state index in [1.165, 1.54) is 0 Å². The SMILES string of the molecule is Cn1cnc(C(O)c2ccc3c(c2)OCCO3)c1. The standard InChI is InChI=1S/C13H14N2O3/c1-15-7-10(14-8-15)13(16)9-2-3-11-12(6-9)18-5-4-17-11/h2-3,6-8,13,16H,4-5H2,1H3. The zero-order valence-corrected chi connectivity index (χ0v) is 10.0. The molecule has 0 saturated heterocycles. The molecule has 2 heterocycles. The second-order valence-corrected chi connectivity index (χ2v) is 4.27. The number of aromatic nitrogens is 2. The number of aliphatic hydroxyl groups excluding tert-OH is 1. The Labute approximate surface area is 105 Å². The van der Waals surface area contributed by atoms with E-state index < -0.39 is 6.10 Å². The average Bonchev–Trinajstić information content (AvgIpc) is 2.84. The predicted octanol–water partition coefficient (Wildman–Crippen LogP) is 1.27.